The van der Waals surface area contributed by atoms with Crippen molar-refractivity contribution in [1.82, 2.24) is 9.55 Å². The van der Waals surface area contributed by atoms with E-state index in [0.29, 0.717) is 6.54 Å². The van der Waals surface area contributed by atoms with Gasteiger partial charge in [0, 0.05) is 46.9 Å². The Morgan fingerprint density at radius 2 is 2.00 bits per heavy atom. The van der Waals surface area contributed by atoms with Crippen LogP contribution >= 0.6 is 11.3 Å². The number of aromatic nitrogens is 2. The smallest absolute Gasteiger partial charge is 0.0975 e. The molecule has 0 aliphatic carbocycles. The van der Waals surface area contributed by atoms with Crippen molar-refractivity contribution in [3.63, 3.8) is 0 Å². The van der Waals surface area contributed by atoms with E-state index in [1.54, 1.807) is 11.3 Å². The molecule has 0 aliphatic rings. The summed E-state index contributed by atoms with van der Waals surface area (Å²) in [4.78, 5) is 4.89. The number of nitrogens with two attached hydrogens (primary N) is 1. The predicted octanol–water partition coefficient (Wildman–Crippen LogP) is 4.70. The molecule has 3 rings (SSSR count). The zero-order valence-corrected chi connectivity index (χ0v) is 15.9. The van der Waals surface area contributed by atoms with Gasteiger partial charge in [-0.05, 0) is 25.0 Å². The lowest BCUT2D eigenvalue weighted by molar-refractivity contribution is 0.566. The number of benzene rings is 1. The minimum Gasteiger partial charge on any atom is -0.347 e. The number of para-hydroxylation sites is 1. The number of hydrogen-bond acceptors (Lipinski definition) is 3. The van der Waals surface area contributed by atoms with Crippen LogP contribution in [-0.4, -0.2) is 16.1 Å². The van der Waals surface area contributed by atoms with Crippen LogP contribution < -0.4 is 5.73 Å². The van der Waals surface area contributed by atoms with Gasteiger partial charge in [-0.25, -0.2) is 4.98 Å². The molecule has 0 fully saturated rings. The molecule has 0 saturated carbocycles. The lowest BCUT2D eigenvalue weighted by Crippen LogP contribution is -2.16. The third kappa shape index (κ3) is 3.26. The van der Waals surface area contributed by atoms with E-state index >= 15 is 0 Å². The maximum absolute atomic E-state index is 6.11. The molecule has 2 N–H and O–H groups in total. The monoisotopic (exact) mass is 341 g/mol. The van der Waals surface area contributed by atoms with Gasteiger partial charge in [0.2, 0.25) is 0 Å². The van der Waals surface area contributed by atoms with E-state index in [2.05, 4.69) is 68.1 Å². The van der Waals surface area contributed by atoms with E-state index in [-0.39, 0.29) is 11.3 Å². The Hall–Kier alpha value is -1.65. The van der Waals surface area contributed by atoms with Crippen molar-refractivity contribution in [2.45, 2.75) is 52.0 Å². The highest BCUT2D eigenvalue weighted by molar-refractivity contribution is 7.09. The van der Waals surface area contributed by atoms with Crippen LogP contribution in [0.3, 0.4) is 0 Å². The van der Waals surface area contributed by atoms with Gasteiger partial charge in [0.25, 0.3) is 0 Å². The van der Waals surface area contributed by atoms with Crippen molar-refractivity contribution in [2.75, 3.05) is 6.54 Å². The molecule has 24 heavy (non-hydrogen) atoms. The highest BCUT2D eigenvalue weighted by Crippen LogP contribution is 2.31. The molecule has 3 nitrogen and oxygen atoms in total. The number of rotatable bonds is 5. The Balaban J connectivity index is 1.92. The van der Waals surface area contributed by atoms with E-state index < -0.39 is 0 Å². The summed E-state index contributed by atoms with van der Waals surface area (Å²) in [6.07, 6.45) is 3.23. The molecular formula is C20H27N3S. The maximum atomic E-state index is 6.11. The van der Waals surface area contributed by atoms with Crippen LogP contribution in [0.5, 0.6) is 0 Å². The molecule has 1 unspecified atom stereocenters. The van der Waals surface area contributed by atoms with Crippen LogP contribution in [-0.2, 0) is 18.4 Å². The predicted molar refractivity (Wildman–Crippen MR) is 104 cm³/mol. The molecule has 0 bridgehead atoms. The fourth-order valence-corrected chi connectivity index (χ4v) is 4.27. The third-order valence-electron chi connectivity index (χ3n) is 4.60. The molecular weight excluding hydrogens is 314 g/mol. The lowest BCUT2D eigenvalue weighted by Gasteiger charge is -2.15. The zero-order chi connectivity index (χ0) is 17.3. The third-order valence-corrected chi connectivity index (χ3v) is 5.61. The van der Waals surface area contributed by atoms with Gasteiger partial charge in [-0.1, -0.05) is 39.0 Å². The molecule has 0 aliphatic heterocycles. The zero-order valence-electron chi connectivity index (χ0n) is 15.0. The second kappa shape index (κ2) is 6.69. The van der Waals surface area contributed by atoms with Crippen LogP contribution in [0.25, 0.3) is 10.9 Å². The number of aryl methyl sites for hydroxylation is 1. The Labute approximate surface area is 148 Å². The van der Waals surface area contributed by atoms with Gasteiger partial charge >= 0.3 is 0 Å². The number of nitrogens with zero attached hydrogens (tertiary/aromatic N) is 2. The Kier molecular flexibility index (Phi) is 4.79. The van der Waals surface area contributed by atoms with Crippen molar-refractivity contribution >= 4 is 22.2 Å². The van der Waals surface area contributed by atoms with Gasteiger partial charge < -0.3 is 10.3 Å². The maximum Gasteiger partial charge on any atom is 0.0975 e. The van der Waals surface area contributed by atoms with Crippen LogP contribution in [0.2, 0.25) is 0 Å². The summed E-state index contributed by atoms with van der Waals surface area (Å²) < 4.78 is 2.32. The first-order valence-electron chi connectivity index (χ1n) is 8.66. The van der Waals surface area contributed by atoms with Gasteiger partial charge in [-0.3, -0.25) is 0 Å². The number of fused-ring (bicyclic) bond motifs is 1. The van der Waals surface area contributed by atoms with Crippen molar-refractivity contribution in [3.05, 3.63) is 52.1 Å². The van der Waals surface area contributed by atoms with Crippen molar-refractivity contribution < 1.29 is 0 Å². The minimum absolute atomic E-state index is 0.0894. The van der Waals surface area contributed by atoms with E-state index in [4.69, 9.17) is 10.7 Å². The molecule has 1 aromatic carbocycles. The van der Waals surface area contributed by atoms with Crippen LogP contribution in [0.15, 0.2) is 35.8 Å². The molecule has 0 saturated heterocycles. The summed E-state index contributed by atoms with van der Waals surface area (Å²) in [6, 6.07) is 8.63. The van der Waals surface area contributed by atoms with Gasteiger partial charge in [0.15, 0.2) is 0 Å². The van der Waals surface area contributed by atoms with Crippen molar-refractivity contribution in [3.8, 4) is 0 Å². The largest absolute Gasteiger partial charge is 0.347 e. The molecule has 0 radical (unpaired) electrons. The summed E-state index contributed by atoms with van der Waals surface area (Å²) >= 11 is 1.75. The number of thiazole rings is 1. The van der Waals surface area contributed by atoms with Gasteiger partial charge in [-0.2, -0.15) is 0 Å². The molecule has 1 atom stereocenters. The Morgan fingerprint density at radius 3 is 2.62 bits per heavy atom. The SMILES string of the molecule is CCn1cc(CC(CN)c2nc(C(C)(C)C)cs2)c2ccccc21. The standard InChI is InChI=1S/C20H27N3S/c1-5-23-12-15(16-8-6-7-9-17(16)23)10-14(11-21)19-22-18(13-24-19)20(2,3)4/h6-9,12-14H,5,10-11,21H2,1-4H3. The normalized spacial score (nSPS) is 13.5. The Morgan fingerprint density at radius 1 is 1.25 bits per heavy atom. The summed E-state index contributed by atoms with van der Waals surface area (Å²) in [7, 11) is 0. The number of hydrogen-bond donors (Lipinski definition) is 1. The van der Waals surface area contributed by atoms with Crippen LogP contribution in [0.1, 0.15) is 49.9 Å². The molecule has 0 spiro atoms. The van der Waals surface area contributed by atoms with Gasteiger partial charge in [0.05, 0.1) is 10.7 Å². The first-order chi connectivity index (χ1) is 11.4. The average Bonchev–Trinajstić information content (AvgIpc) is 3.17. The van der Waals surface area contributed by atoms with Crippen molar-refractivity contribution in [1.29, 1.82) is 0 Å². The summed E-state index contributed by atoms with van der Waals surface area (Å²) in [6.45, 7) is 10.4. The first-order valence-corrected chi connectivity index (χ1v) is 9.54. The fraction of sp³-hybridized carbons (Fsp3) is 0.450. The minimum atomic E-state index is 0.0894. The highest BCUT2D eigenvalue weighted by atomic mass is 32.1. The molecule has 2 heterocycles. The average molecular weight is 342 g/mol. The second-order valence-electron chi connectivity index (χ2n) is 7.42. The molecule has 128 valence electrons. The lowest BCUT2D eigenvalue weighted by atomic mass is 9.93. The molecule has 3 aromatic rings. The first kappa shape index (κ1) is 17.2. The van der Waals surface area contributed by atoms with Gasteiger partial charge in [0.1, 0.15) is 0 Å². The van der Waals surface area contributed by atoms with E-state index in [0.717, 1.165) is 23.7 Å². The summed E-state index contributed by atoms with van der Waals surface area (Å²) in [5, 5.41) is 4.69. The topological polar surface area (TPSA) is 43.8 Å². The van der Waals surface area contributed by atoms with E-state index in [9.17, 15) is 0 Å². The van der Waals surface area contributed by atoms with Gasteiger partial charge in [-0.15, -0.1) is 11.3 Å². The fourth-order valence-electron chi connectivity index (χ4n) is 3.10. The van der Waals surface area contributed by atoms with E-state index in [1.807, 2.05) is 0 Å². The summed E-state index contributed by atoms with van der Waals surface area (Å²) in [5.74, 6) is 0.280. The molecule has 0 amide bonds. The van der Waals surface area contributed by atoms with Crippen molar-refractivity contribution in [2.24, 2.45) is 5.73 Å². The second-order valence-corrected chi connectivity index (χ2v) is 8.30. The van der Waals surface area contributed by atoms with Crippen LogP contribution in [0.4, 0.5) is 0 Å². The molecule has 2 aromatic heterocycles. The molecule has 4 heteroatoms. The van der Waals surface area contributed by atoms with Crippen LogP contribution in [0, 0.1) is 0 Å². The Bertz CT molecular complexity index is 823. The van der Waals surface area contributed by atoms with E-state index in [1.165, 1.54) is 16.5 Å². The summed E-state index contributed by atoms with van der Waals surface area (Å²) in [5.41, 5.74) is 10.0. The highest BCUT2D eigenvalue weighted by Gasteiger charge is 2.22. The quantitative estimate of drug-likeness (QED) is 0.731.